The summed E-state index contributed by atoms with van der Waals surface area (Å²) in [5, 5.41) is 0. The minimum Gasteiger partial charge on any atom is -0.240 e. The molecule has 28 heavy (non-hydrogen) atoms. The van der Waals surface area contributed by atoms with E-state index in [9.17, 15) is 4.39 Å². The number of aromatic nitrogens is 2. The Balaban J connectivity index is 1.60. The zero-order valence-electron chi connectivity index (χ0n) is 17.6. The highest BCUT2D eigenvalue weighted by molar-refractivity contribution is 5.62. The molecule has 1 aliphatic rings. The number of halogens is 1. The first kappa shape index (κ1) is 21.0. The summed E-state index contributed by atoms with van der Waals surface area (Å²) in [6, 6.07) is 8.18. The van der Waals surface area contributed by atoms with Gasteiger partial charge in [0.05, 0.1) is 5.56 Å². The van der Waals surface area contributed by atoms with E-state index in [1.54, 1.807) is 6.20 Å². The van der Waals surface area contributed by atoms with Crippen LogP contribution in [0.1, 0.15) is 95.4 Å². The Morgan fingerprint density at radius 2 is 1.64 bits per heavy atom. The van der Waals surface area contributed by atoms with Crippen molar-refractivity contribution in [3.63, 3.8) is 0 Å². The Kier molecular flexibility index (Phi) is 8.00. The molecule has 0 aliphatic heterocycles. The van der Waals surface area contributed by atoms with E-state index >= 15 is 0 Å². The van der Waals surface area contributed by atoms with E-state index in [-0.39, 0.29) is 5.95 Å². The number of nitrogens with zero attached hydrogens (tertiary/aromatic N) is 2. The molecule has 1 aromatic carbocycles. The van der Waals surface area contributed by atoms with Gasteiger partial charge in [-0.3, -0.25) is 0 Å². The highest BCUT2D eigenvalue weighted by atomic mass is 19.1. The fourth-order valence-electron chi connectivity index (χ4n) is 4.39. The van der Waals surface area contributed by atoms with Gasteiger partial charge in [-0.15, -0.1) is 0 Å². The molecule has 0 unspecified atom stereocenters. The molecule has 1 saturated carbocycles. The van der Waals surface area contributed by atoms with Crippen LogP contribution < -0.4 is 0 Å². The van der Waals surface area contributed by atoms with Gasteiger partial charge in [0.15, 0.2) is 0 Å². The maximum Gasteiger partial charge on any atom is 0.224 e. The molecular formula is C25H35FN2. The normalized spacial score (nSPS) is 19.7. The van der Waals surface area contributed by atoms with E-state index in [4.69, 9.17) is 0 Å². The number of unbranched alkanes of at least 4 members (excludes halogenated alkanes) is 3. The highest BCUT2D eigenvalue weighted by Crippen LogP contribution is 2.37. The number of hydrogen-bond donors (Lipinski definition) is 0. The molecule has 152 valence electrons. The SMILES string of the molecule is CCCCCC1CCC(c2ncc(-c3ccc(CCCC)cc3)c(F)n2)CC1. The Hall–Kier alpha value is -1.77. The Bertz CT molecular complexity index is 718. The molecule has 1 heterocycles. The van der Waals surface area contributed by atoms with Crippen molar-refractivity contribution in [1.29, 1.82) is 0 Å². The van der Waals surface area contributed by atoms with Gasteiger partial charge in [-0.2, -0.15) is 4.39 Å². The fourth-order valence-corrected chi connectivity index (χ4v) is 4.39. The smallest absolute Gasteiger partial charge is 0.224 e. The third-order valence-corrected chi connectivity index (χ3v) is 6.27. The molecule has 2 aromatic rings. The van der Waals surface area contributed by atoms with Gasteiger partial charge < -0.3 is 0 Å². The number of hydrogen-bond acceptors (Lipinski definition) is 2. The monoisotopic (exact) mass is 382 g/mol. The molecule has 0 amide bonds. The minimum atomic E-state index is -0.378. The van der Waals surface area contributed by atoms with Gasteiger partial charge in [-0.05, 0) is 55.6 Å². The molecule has 1 fully saturated rings. The maximum absolute atomic E-state index is 14.7. The second-order valence-electron chi connectivity index (χ2n) is 8.45. The molecule has 0 bridgehead atoms. The van der Waals surface area contributed by atoms with Crippen LogP contribution in [0.15, 0.2) is 30.5 Å². The predicted molar refractivity (Wildman–Crippen MR) is 115 cm³/mol. The Morgan fingerprint density at radius 3 is 2.29 bits per heavy atom. The van der Waals surface area contributed by atoms with Gasteiger partial charge in [0, 0.05) is 12.1 Å². The minimum absolute atomic E-state index is 0.322. The molecule has 0 spiro atoms. The van der Waals surface area contributed by atoms with Gasteiger partial charge in [-0.25, -0.2) is 9.97 Å². The second-order valence-corrected chi connectivity index (χ2v) is 8.45. The van der Waals surface area contributed by atoms with Crippen molar-refractivity contribution in [2.45, 2.75) is 90.4 Å². The van der Waals surface area contributed by atoms with Crippen LogP contribution in [-0.4, -0.2) is 9.97 Å². The summed E-state index contributed by atoms with van der Waals surface area (Å²) in [6.45, 7) is 4.45. The van der Waals surface area contributed by atoms with E-state index < -0.39 is 0 Å². The third kappa shape index (κ3) is 5.62. The van der Waals surface area contributed by atoms with Crippen molar-refractivity contribution in [2.75, 3.05) is 0 Å². The zero-order chi connectivity index (χ0) is 19.8. The van der Waals surface area contributed by atoms with Gasteiger partial charge in [0.2, 0.25) is 5.95 Å². The summed E-state index contributed by atoms with van der Waals surface area (Å²) in [6.07, 6.45) is 15.1. The van der Waals surface area contributed by atoms with Crippen LogP contribution in [0.5, 0.6) is 0 Å². The largest absolute Gasteiger partial charge is 0.240 e. The van der Waals surface area contributed by atoms with Crippen molar-refractivity contribution >= 4 is 0 Å². The lowest BCUT2D eigenvalue weighted by atomic mass is 9.79. The first-order valence-electron chi connectivity index (χ1n) is 11.3. The molecule has 2 nitrogen and oxygen atoms in total. The summed E-state index contributed by atoms with van der Waals surface area (Å²) in [4.78, 5) is 8.83. The molecule has 0 atom stereocenters. The highest BCUT2D eigenvalue weighted by Gasteiger charge is 2.24. The summed E-state index contributed by atoms with van der Waals surface area (Å²) >= 11 is 0. The molecular weight excluding hydrogens is 347 g/mol. The van der Waals surface area contributed by atoms with Gasteiger partial charge in [0.25, 0.3) is 0 Å². The van der Waals surface area contributed by atoms with Crippen LogP contribution in [0.2, 0.25) is 0 Å². The molecule has 1 aromatic heterocycles. The molecule has 3 rings (SSSR count). The van der Waals surface area contributed by atoms with Crippen LogP contribution >= 0.6 is 0 Å². The van der Waals surface area contributed by atoms with Crippen molar-refractivity contribution < 1.29 is 4.39 Å². The van der Waals surface area contributed by atoms with E-state index in [1.807, 2.05) is 12.1 Å². The lowest BCUT2D eigenvalue weighted by molar-refractivity contribution is 0.296. The topological polar surface area (TPSA) is 25.8 Å². The summed E-state index contributed by atoms with van der Waals surface area (Å²) in [5.74, 6) is 1.49. The van der Waals surface area contributed by atoms with Gasteiger partial charge >= 0.3 is 0 Å². The molecule has 0 N–H and O–H groups in total. The van der Waals surface area contributed by atoms with Crippen LogP contribution in [0.25, 0.3) is 11.1 Å². The summed E-state index contributed by atoms with van der Waals surface area (Å²) < 4.78 is 14.7. The zero-order valence-corrected chi connectivity index (χ0v) is 17.6. The molecule has 0 radical (unpaired) electrons. The first-order chi connectivity index (χ1) is 13.7. The number of aryl methyl sites for hydroxylation is 1. The van der Waals surface area contributed by atoms with Crippen LogP contribution in [0.4, 0.5) is 4.39 Å². The van der Waals surface area contributed by atoms with Crippen molar-refractivity contribution in [2.24, 2.45) is 5.92 Å². The molecule has 1 aliphatic carbocycles. The average molecular weight is 383 g/mol. The first-order valence-corrected chi connectivity index (χ1v) is 11.3. The van der Waals surface area contributed by atoms with E-state index in [1.165, 1.54) is 56.9 Å². The maximum atomic E-state index is 14.7. The predicted octanol–water partition coefficient (Wildman–Crippen LogP) is 7.48. The lowest BCUT2D eigenvalue weighted by Crippen LogP contribution is -2.16. The second kappa shape index (κ2) is 10.7. The quantitative estimate of drug-likeness (QED) is 0.332. The third-order valence-electron chi connectivity index (χ3n) is 6.27. The summed E-state index contributed by atoms with van der Waals surface area (Å²) in [5.41, 5.74) is 2.68. The summed E-state index contributed by atoms with van der Waals surface area (Å²) in [7, 11) is 0. The van der Waals surface area contributed by atoms with Gasteiger partial charge in [0.1, 0.15) is 5.82 Å². The van der Waals surface area contributed by atoms with Crippen LogP contribution in [0.3, 0.4) is 0 Å². The number of benzene rings is 1. The fraction of sp³-hybridized carbons (Fsp3) is 0.600. The van der Waals surface area contributed by atoms with Crippen LogP contribution in [-0.2, 0) is 6.42 Å². The van der Waals surface area contributed by atoms with Crippen molar-refractivity contribution in [1.82, 2.24) is 9.97 Å². The molecule has 3 heteroatoms. The van der Waals surface area contributed by atoms with E-state index in [0.29, 0.717) is 17.3 Å². The molecule has 0 saturated heterocycles. The van der Waals surface area contributed by atoms with Crippen LogP contribution in [0, 0.1) is 11.9 Å². The average Bonchev–Trinajstić information content (AvgIpc) is 2.73. The standard InChI is InChI=1S/C25H35FN2/c1-3-5-7-9-20-12-16-22(17-13-20)25-27-18-23(24(26)28-25)21-14-10-19(11-15-21)8-6-4-2/h10-11,14-15,18,20,22H,3-9,12-13,16-17H2,1-2H3. The Morgan fingerprint density at radius 1 is 0.929 bits per heavy atom. The number of rotatable bonds is 9. The van der Waals surface area contributed by atoms with Crippen molar-refractivity contribution in [3.05, 3.63) is 47.8 Å². The van der Waals surface area contributed by atoms with E-state index in [0.717, 1.165) is 30.7 Å². The lowest BCUT2D eigenvalue weighted by Gasteiger charge is -2.27. The van der Waals surface area contributed by atoms with Gasteiger partial charge in [-0.1, -0.05) is 70.2 Å². The van der Waals surface area contributed by atoms with Crippen molar-refractivity contribution in [3.8, 4) is 11.1 Å². The van der Waals surface area contributed by atoms with E-state index in [2.05, 4.69) is 35.9 Å². The Labute approximate surface area is 170 Å².